The molecule has 2 unspecified atom stereocenters. The number of hydrogen-bond donors (Lipinski definition) is 2. The van der Waals surface area contributed by atoms with E-state index in [1.165, 1.54) is 29.9 Å². The lowest BCUT2D eigenvalue weighted by Crippen LogP contribution is -2.55. The van der Waals surface area contributed by atoms with Crippen molar-refractivity contribution in [2.24, 2.45) is 5.92 Å². The van der Waals surface area contributed by atoms with Gasteiger partial charge >= 0.3 is 12.1 Å². The van der Waals surface area contributed by atoms with E-state index in [9.17, 15) is 19.5 Å². The number of likely N-dealkylation sites (N-methyl/N-ethyl adjacent to an activating group) is 1. The molecule has 2 aromatic rings. The summed E-state index contributed by atoms with van der Waals surface area (Å²) in [6.07, 6.45) is 4.10. The van der Waals surface area contributed by atoms with Gasteiger partial charge in [0.05, 0.1) is 6.04 Å². The Kier molecular flexibility index (Phi) is 6.96. The second-order valence-corrected chi connectivity index (χ2v) is 9.62. The summed E-state index contributed by atoms with van der Waals surface area (Å²) < 4.78 is 5.64. The number of nitrogens with one attached hydrogen (secondary N) is 1. The zero-order valence-corrected chi connectivity index (χ0v) is 20.4. The summed E-state index contributed by atoms with van der Waals surface area (Å²) in [6, 6.07) is 16.0. The predicted octanol–water partition coefficient (Wildman–Crippen LogP) is 4.57. The molecule has 0 radical (unpaired) electrons. The van der Waals surface area contributed by atoms with Crippen LogP contribution in [0.3, 0.4) is 0 Å². The second-order valence-electron chi connectivity index (χ2n) is 9.62. The number of fused-ring (bicyclic) bond motifs is 3. The molecular formula is C28H32N2O5. The Bertz CT molecular complexity index is 1110. The molecule has 2 aliphatic rings. The minimum atomic E-state index is -1.30. The van der Waals surface area contributed by atoms with Crippen molar-refractivity contribution >= 4 is 18.0 Å². The Labute approximate surface area is 205 Å². The lowest BCUT2D eigenvalue weighted by Gasteiger charge is -2.37. The monoisotopic (exact) mass is 476 g/mol. The molecule has 2 N–H and O–H groups in total. The number of carbonyl (C=O) groups is 3. The first-order valence-electron chi connectivity index (χ1n) is 12.1. The molecule has 0 aromatic heterocycles. The van der Waals surface area contributed by atoms with E-state index in [2.05, 4.69) is 29.6 Å². The largest absolute Gasteiger partial charge is 0.480 e. The fraction of sp³-hybridized carbons (Fsp3) is 0.393. The van der Waals surface area contributed by atoms with E-state index in [-0.39, 0.29) is 24.5 Å². The third kappa shape index (κ3) is 4.81. The Morgan fingerprint density at radius 2 is 1.66 bits per heavy atom. The Hall–Kier alpha value is -3.61. The van der Waals surface area contributed by atoms with Gasteiger partial charge < -0.3 is 20.1 Å². The van der Waals surface area contributed by atoms with Gasteiger partial charge in [-0.2, -0.15) is 0 Å². The summed E-state index contributed by atoms with van der Waals surface area (Å²) in [4.78, 5) is 38.9. The first-order valence-corrected chi connectivity index (χ1v) is 12.1. The van der Waals surface area contributed by atoms with Crippen molar-refractivity contribution in [1.82, 2.24) is 10.2 Å². The van der Waals surface area contributed by atoms with E-state index in [1.807, 2.05) is 36.4 Å². The van der Waals surface area contributed by atoms with Crippen molar-refractivity contribution in [2.45, 2.75) is 51.1 Å². The van der Waals surface area contributed by atoms with Crippen LogP contribution in [-0.2, 0) is 14.3 Å². The van der Waals surface area contributed by atoms with Crippen molar-refractivity contribution in [2.75, 3.05) is 13.2 Å². The number of rotatable bonds is 7. The summed E-state index contributed by atoms with van der Waals surface area (Å²) in [6.45, 7) is 5.34. The fourth-order valence-corrected chi connectivity index (χ4v) is 5.15. The SMILES string of the molecule is CCN(C(=O)C1CC=CC(NC(=O)OCC2c3ccccc3-c3ccccc32)C1)C(C)(C)C(=O)O. The van der Waals surface area contributed by atoms with Gasteiger partial charge in [0.15, 0.2) is 0 Å². The minimum absolute atomic E-state index is 0.0271. The van der Waals surface area contributed by atoms with E-state index in [0.717, 1.165) is 11.1 Å². The van der Waals surface area contributed by atoms with E-state index in [0.29, 0.717) is 19.4 Å². The molecule has 0 aliphatic heterocycles. The van der Waals surface area contributed by atoms with Crippen molar-refractivity contribution < 1.29 is 24.2 Å². The number of carboxylic acid groups (broad SMARTS) is 1. The number of hydrogen-bond acceptors (Lipinski definition) is 4. The molecule has 184 valence electrons. The number of alkyl carbamates (subject to hydrolysis) is 1. The van der Waals surface area contributed by atoms with E-state index >= 15 is 0 Å². The van der Waals surface area contributed by atoms with Gasteiger partial charge in [-0.1, -0.05) is 60.7 Å². The second kappa shape index (κ2) is 9.94. The van der Waals surface area contributed by atoms with Crippen LogP contribution < -0.4 is 5.32 Å². The summed E-state index contributed by atoms with van der Waals surface area (Å²) in [5, 5.41) is 12.4. The van der Waals surface area contributed by atoms with Crippen LogP contribution in [-0.4, -0.2) is 52.7 Å². The van der Waals surface area contributed by atoms with Gasteiger partial charge in [0, 0.05) is 18.4 Å². The van der Waals surface area contributed by atoms with Crippen LogP contribution in [0.2, 0.25) is 0 Å². The van der Waals surface area contributed by atoms with Crippen LogP contribution in [0.4, 0.5) is 4.79 Å². The van der Waals surface area contributed by atoms with Crippen molar-refractivity contribution in [1.29, 1.82) is 0 Å². The van der Waals surface area contributed by atoms with E-state index < -0.39 is 23.5 Å². The van der Waals surface area contributed by atoms with Crippen molar-refractivity contribution in [3.63, 3.8) is 0 Å². The zero-order valence-electron chi connectivity index (χ0n) is 20.4. The number of allylic oxidation sites excluding steroid dienone is 1. The lowest BCUT2D eigenvalue weighted by molar-refractivity contribution is -0.158. The summed E-state index contributed by atoms with van der Waals surface area (Å²) in [5.74, 6) is -1.70. The Balaban J connectivity index is 1.37. The maximum absolute atomic E-state index is 13.1. The summed E-state index contributed by atoms with van der Waals surface area (Å²) in [5.41, 5.74) is 3.32. The molecule has 0 bridgehead atoms. The highest BCUT2D eigenvalue weighted by Crippen LogP contribution is 2.44. The van der Waals surface area contributed by atoms with E-state index in [4.69, 9.17) is 4.74 Å². The minimum Gasteiger partial charge on any atom is -0.480 e. The molecule has 0 saturated carbocycles. The highest BCUT2D eigenvalue weighted by Gasteiger charge is 2.40. The molecule has 7 nitrogen and oxygen atoms in total. The first kappa shape index (κ1) is 24.5. The summed E-state index contributed by atoms with van der Waals surface area (Å²) in [7, 11) is 0. The normalized spacial score (nSPS) is 18.9. The lowest BCUT2D eigenvalue weighted by atomic mass is 9.88. The number of ether oxygens (including phenoxy) is 1. The van der Waals surface area contributed by atoms with Gasteiger partial charge in [0.25, 0.3) is 0 Å². The van der Waals surface area contributed by atoms with Gasteiger partial charge in [-0.25, -0.2) is 9.59 Å². The van der Waals surface area contributed by atoms with Crippen LogP contribution in [0.15, 0.2) is 60.7 Å². The molecule has 7 heteroatoms. The molecule has 2 aliphatic carbocycles. The van der Waals surface area contributed by atoms with Gasteiger partial charge in [0.1, 0.15) is 12.1 Å². The van der Waals surface area contributed by atoms with Crippen LogP contribution in [0, 0.1) is 5.92 Å². The maximum Gasteiger partial charge on any atom is 0.407 e. The van der Waals surface area contributed by atoms with Crippen molar-refractivity contribution in [3.05, 3.63) is 71.8 Å². The average Bonchev–Trinajstić information content (AvgIpc) is 3.17. The number of nitrogens with zero attached hydrogens (tertiary/aromatic N) is 1. The van der Waals surface area contributed by atoms with Gasteiger partial charge in [-0.3, -0.25) is 4.79 Å². The highest BCUT2D eigenvalue weighted by atomic mass is 16.5. The summed E-state index contributed by atoms with van der Waals surface area (Å²) >= 11 is 0. The number of benzene rings is 2. The standard InChI is InChI=1S/C28H32N2O5/c1-4-30(28(2,3)26(32)33)25(31)18-10-9-11-19(16-18)29-27(34)35-17-24-22-14-7-5-12-20(22)21-13-6-8-15-23(21)24/h5-9,11-15,18-19,24H,4,10,16-17H2,1-3H3,(H,29,34)(H,32,33). The topological polar surface area (TPSA) is 95.9 Å². The van der Waals surface area contributed by atoms with E-state index in [1.54, 1.807) is 6.92 Å². The van der Waals surface area contributed by atoms with Crippen molar-refractivity contribution in [3.8, 4) is 11.1 Å². The highest BCUT2D eigenvalue weighted by molar-refractivity contribution is 5.88. The third-order valence-electron chi connectivity index (χ3n) is 7.10. The molecule has 0 fully saturated rings. The molecule has 2 amide bonds. The number of amides is 2. The number of aliphatic carboxylic acids is 1. The van der Waals surface area contributed by atoms with Crippen LogP contribution in [0.1, 0.15) is 50.7 Å². The number of carboxylic acids is 1. The van der Waals surface area contributed by atoms with Crippen LogP contribution in [0.5, 0.6) is 0 Å². The number of carbonyl (C=O) groups excluding carboxylic acids is 2. The molecule has 2 atom stereocenters. The Morgan fingerprint density at radius 3 is 2.23 bits per heavy atom. The molecule has 0 spiro atoms. The molecule has 35 heavy (non-hydrogen) atoms. The quantitative estimate of drug-likeness (QED) is 0.571. The maximum atomic E-state index is 13.1. The van der Waals surface area contributed by atoms with Gasteiger partial charge in [-0.15, -0.1) is 0 Å². The average molecular weight is 477 g/mol. The van der Waals surface area contributed by atoms with Crippen LogP contribution in [0.25, 0.3) is 11.1 Å². The van der Waals surface area contributed by atoms with Gasteiger partial charge in [0.2, 0.25) is 5.91 Å². The smallest absolute Gasteiger partial charge is 0.407 e. The molecule has 4 rings (SSSR count). The van der Waals surface area contributed by atoms with Gasteiger partial charge in [-0.05, 0) is 55.9 Å². The molecule has 0 heterocycles. The first-order chi connectivity index (χ1) is 16.7. The zero-order chi connectivity index (χ0) is 25.2. The third-order valence-corrected chi connectivity index (χ3v) is 7.10. The predicted molar refractivity (Wildman–Crippen MR) is 133 cm³/mol. The molecular weight excluding hydrogens is 444 g/mol. The molecule has 0 saturated heterocycles. The molecule has 2 aromatic carbocycles. The Morgan fingerprint density at radius 1 is 1.06 bits per heavy atom. The fourth-order valence-electron chi connectivity index (χ4n) is 5.15. The van der Waals surface area contributed by atoms with Crippen LogP contribution >= 0.6 is 0 Å².